The first-order chi connectivity index (χ1) is 6.51. The van der Waals surface area contributed by atoms with Crippen molar-refractivity contribution in [1.82, 2.24) is 0 Å². The molecule has 0 radical (unpaired) electrons. The molecule has 0 aliphatic heterocycles. The summed E-state index contributed by atoms with van der Waals surface area (Å²) in [4.78, 5) is 12.0. The highest BCUT2D eigenvalue weighted by molar-refractivity contribution is 5.86. The Hall–Kier alpha value is -0.410. The first-order valence-electron chi connectivity index (χ1n) is 5.25. The quantitative estimate of drug-likeness (QED) is 0.680. The molecule has 0 aromatic rings. The van der Waals surface area contributed by atoms with Crippen LogP contribution in [0.15, 0.2) is 0 Å². The fourth-order valence-electron chi connectivity index (χ4n) is 1.44. The minimum absolute atomic E-state index is 0.0449. The number of methoxy groups -OCH3 is 1. The van der Waals surface area contributed by atoms with E-state index < -0.39 is 0 Å². The summed E-state index contributed by atoms with van der Waals surface area (Å²) in [7, 11) is 1.65. The highest BCUT2D eigenvalue weighted by atomic mass is 16.5. The Morgan fingerprint density at radius 2 is 2.14 bits per heavy atom. The Morgan fingerprint density at radius 1 is 1.57 bits per heavy atom. The van der Waals surface area contributed by atoms with Crippen LogP contribution in [0.1, 0.15) is 33.6 Å². The molecule has 0 saturated carbocycles. The molecule has 0 aromatic carbocycles. The predicted molar refractivity (Wildman–Crippen MR) is 58.1 cm³/mol. The molecule has 0 fully saturated rings. The summed E-state index contributed by atoms with van der Waals surface area (Å²) >= 11 is 0. The summed E-state index contributed by atoms with van der Waals surface area (Å²) in [5.41, 5.74) is 5.28. The van der Waals surface area contributed by atoms with Crippen molar-refractivity contribution in [1.29, 1.82) is 0 Å². The standard InChI is InChI=1S/C11H23NO2/c1-5-11(3,8-12)10(13)9(2)6-7-14-4/h9H,5-8,12H2,1-4H3. The second kappa shape index (κ2) is 6.14. The zero-order valence-electron chi connectivity index (χ0n) is 9.80. The molecule has 0 aliphatic carbocycles. The highest BCUT2D eigenvalue weighted by Gasteiger charge is 2.32. The average molecular weight is 201 g/mol. The molecule has 2 unspecified atom stereocenters. The number of Topliss-reactive ketones (excluding diaryl/α,β-unsaturated/α-hetero) is 1. The molecule has 0 amide bonds. The van der Waals surface area contributed by atoms with E-state index >= 15 is 0 Å². The Labute approximate surface area is 87.0 Å². The number of carbonyl (C=O) groups is 1. The highest BCUT2D eigenvalue weighted by Crippen LogP contribution is 2.25. The summed E-state index contributed by atoms with van der Waals surface area (Å²) in [6.07, 6.45) is 1.59. The van der Waals surface area contributed by atoms with Crippen LogP contribution in [0.4, 0.5) is 0 Å². The molecular formula is C11H23NO2. The third kappa shape index (κ3) is 3.39. The molecule has 0 saturated heterocycles. The van der Waals surface area contributed by atoms with E-state index in [1.807, 2.05) is 20.8 Å². The molecule has 3 heteroatoms. The Kier molecular flexibility index (Phi) is 5.96. The van der Waals surface area contributed by atoms with Gasteiger partial charge in [-0.2, -0.15) is 0 Å². The van der Waals surface area contributed by atoms with Crippen molar-refractivity contribution >= 4 is 5.78 Å². The van der Waals surface area contributed by atoms with Crippen molar-refractivity contribution in [2.75, 3.05) is 20.3 Å². The molecule has 0 rings (SSSR count). The van der Waals surface area contributed by atoms with Crippen molar-refractivity contribution in [2.24, 2.45) is 17.1 Å². The van der Waals surface area contributed by atoms with E-state index in [9.17, 15) is 4.79 Å². The van der Waals surface area contributed by atoms with Crippen LogP contribution < -0.4 is 5.73 Å². The van der Waals surface area contributed by atoms with Gasteiger partial charge in [0.15, 0.2) is 0 Å². The molecule has 2 N–H and O–H groups in total. The molecule has 0 heterocycles. The number of carbonyl (C=O) groups excluding carboxylic acids is 1. The van der Waals surface area contributed by atoms with Crippen molar-refractivity contribution in [3.05, 3.63) is 0 Å². The number of rotatable bonds is 7. The minimum Gasteiger partial charge on any atom is -0.385 e. The first-order valence-corrected chi connectivity index (χ1v) is 5.25. The molecule has 0 bridgehead atoms. The smallest absolute Gasteiger partial charge is 0.142 e. The third-order valence-corrected chi connectivity index (χ3v) is 3.03. The Morgan fingerprint density at radius 3 is 2.50 bits per heavy atom. The molecule has 0 aliphatic rings. The monoisotopic (exact) mass is 201 g/mol. The van der Waals surface area contributed by atoms with Gasteiger partial charge in [0.05, 0.1) is 0 Å². The normalized spacial score (nSPS) is 17.5. The fraction of sp³-hybridized carbons (Fsp3) is 0.909. The first kappa shape index (κ1) is 13.6. The lowest BCUT2D eigenvalue weighted by atomic mass is 9.77. The number of ketones is 1. The van der Waals surface area contributed by atoms with E-state index in [4.69, 9.17) is 10.5 Å². The largest absolute Gasteiger partial charge is 0.385 e. The molecule has 2 atom stereocenters. The van der Waals surface area contributed by atoms with Crippen molar-refractivity contribution in [3.63, 3.8) is 0 Å². The summed E-state index contributed by atoms with van der Waals surface area (Å²) < 4.78 is 4.96. The topological polar surface area (TPSA) is 52.3 Å². The maximum Gasteiger partial charge on any atom is 0.142 e. The predicted octanol–water partition coefficient (Wildman–Crippen LogP) is 1.60. The molecule has 3 nitrogen and oxygen atoms in total. The summed E-state index contributed by atoms with van der Waals surface area (Å²) in [5.74, 6) is 0.308. The maximum absolute atomic E-state index is 12.0. The third-order valence-electron chi connectivity index (χ3n) is 3.03. The van der Waals surface area contributed by atoms with E-state index in [1.54, 1.807) is 7.11 Å². The van der Waals surface area contributed by atoms with Gasteiger partial charge in [-0.05, 0) is 12.8 Å². The van der Waals surface area contributed by atoms with Gasteiger partial charge in [-0.1, -0.05) is 20.8 Å². The maximum atomic E-state index is 12.0. The van der Waals surface area contributed by atoms with Crippen LogP contribution in [0.25, 0.3) is 0 Å². The molecular weight excluding hydrogens is 178 g/mol. The van der Waals surface area contributed by atoms with Gasteiger partial charge in [0.25, 0.3) is 0 Å². The zero-order valence-corrected chi connectivity index (χ0v) is 9.80. The van der Waals surface area contributed by atoms with Crippen molar-refractivity contribution in [3.8, 4) is 0 Å². The van der Waals surface area contributed by atoms with Crippen LogP contribution in [0.5, 0.6) is 0 Å². The Balaban J connectivity index is 4.28. The zero-order chi connectivity index (χ0) is 11.2. The van der Waals surface area contributed by atoms with Crippen molar-refractivity contribution in [2.45, 2.75) is 33.6 Å². The lowest BCUT2D eigenvalue weighted by Gasteiger charge is -2.27. The van der Waals surface area contributed by atoms with Gasteiger partial charge in [-0.15, -0.1) is 0 Å². The number of hydrogen-bond acceptors (Lipinski definition) is 3. The number of hydrogen-bond donors (Lipinski definition) is 1. The van der Waals surface area contributed by atoms with Crippen LogP contribution in [0, 0.1) is 11.3 Å². The van der Waals surface area contributed by atoms with Crippen LogP contribution in [-0.4, -0.2) is 26.0 Å². The van der Waals surface area contributed by atoms with Crippen LogP contribution in [0.3, 0.4) is 0 Å². The second-order valence-electron chi connectivity index (χ2n) is 4.17. The summed E-state index contributed by atoms with van der Waals surface area (Å²) in [6.45, 7) is 6.97. The van der Waals surface area contributed by atoms with Crippen molar-refractivity contribution < 1.29 is 9.53 Å². The van der Waals surface area contributed by atoms with E-state index in [2.05, 4.69) is 0 Å². The van der Waals surface area contributed by atoms with Crippen LogP contribution in [0.2, 0.25) is 0 Å². The minimum atomic E-state index is -0.354. The summed E-state index contributed by atoms with van der Waals surface area (Å²) in [5, 5.41) is 0. The van der Waals surface area contributed by atoms with Crippen LogP contribution in [-0.2, 0) is 9.53 Å². The Bertz CT molecular complexity index is 176. The van der Waals surface area contributed by atoms with E-state index in [-0.39, 0.29) is 17.1 Å². The van der Waals surface area contributed by atoms with E-state index in [1.165, 1.54) is 0 Å². The molecule has 14 heavy (non-hydrogen) atoms. The molecule has 84 valence electrons. The van der Waals surface area contributed by atoms with Gasteiger partial charge in [-0.3, -0.25) is 4.79 Å². The number of ether oxygens (including phenoxy) is 1. The van der Waals surface area contributed by atoms with Gasteiger partial charge in [0.1, 0.15) is 5.78 Å². The van der Waals surface area contributed by atoms with Gasteiger partial charge < -0.3 is 10.5 Å². The second-order valence-corrected chi connectivity index (χ2v) is 4.17. The van der Waals surface area contributed by atoms with Gasteiger partial charge in [-0.25, -0.2) is 0 Å². The van der Waals surface area contributed by atoms with Gasteiger partial charge in [0.2, 0.25) is 0 Å². The fourth-order valence-corrected chi connectivity index (χ4v) is 1.44. The average Bonchev–Trinajstić information content (AvgIpc) is 2.23. The lowest BCUT2D eigenvalue weighted by molar-refractivity contribution is -0.131. The van der Waals surface area contributed by atoms with Gasteiger partial charge >= 0.3 is 0 Å². The SMILES string of the molecule is CCC(C)(CN)C(=O)C(C)CCOC. The molecule has 0 aromatic heterocycles. The van der Waals surface area contributed by atoms with E-state index in [0.29, 0.717) is 13.2 Å². The lowest BCUT2D eigenvalue weighted by Crippen LogP contribution is -2.38. The van der Waals surface area contributed by atoms with Crippen LogP contribution >= 0.6 is 0 Å². The summed E-state index contributed by atoms with van der Waals surface area (Å²) in [6, 6.07) is 0. The van der Waals surface area contributed by atoms with Gasteiger partial charge in [0, 0.05) is 31.6 Å². The molecule has 0 spiro atoms. The van der Waals surface area contributed by atoms with E-state index in [0.717, 1.165) is 12.8 Å². The number of nitrogens with two attached hydrogens (primary N) is 1.